The molecule has 0 atom stereocenters. The molecule has 21 valence electrons. The van der Waals surface area contributed by atoms with E-state index >= 15 is 0 Å². The Balaban J connectivity index is -0.00000000500. The molecule has 0 rings (SSSR count). The molecule has 0 saturated carbocycles. The van der Waals surface area contributed by atoms with Gasteiger partial charge < -0.3 is 0 Å². The van der Waals surface area contributed by atoms with Crippen LogP contribution >= 0.6 is 9.12 Å². The Bertz CT molecular complexity index is 8.00. The van der Waals surface area contributed by atoms with Crippen LogP contribution in [0.2, 0.25) is 0 Å². The van der Waals surface area contributed by atoms with Gasteiger partial charge in [0.05, 0.1) is 0 Å². The fraction of sp³-hybridized carbons (Fsp3) is 0. The van der Waals surface area contributed by atoms with Crippen molar-refractivity contribution in [1.29, 1.82) is 0 Å². The molecule has 0 amide bonds. The van der Waals surface area contributed by atoms with Crippen molar-refractivity contribution in [3.63, 3.8) is 0 Å². The zero-order valence-electron chi connectivity index (χ0n) is 0.855. The molecule has 0 saturated heterocycles. The first-order valence-electron chi connectivity index (χ1n) is 0.183. The monoisotopic (exact) mass is 119 g/mol. The summed E-state index contributed by atoms with van der Waals surface area (Å²) in [6.07, 6.45) is 0. The molecule has 0 aliphatic heterocycles. The van der Waals surface area contributed by atoms with Gasteiger partial charge in [-0.05, 0) is 0 Å². The van der Waals surface area contributed by atoms with Crippen LogP contribution in [-0.2, 0) is 4.57 Å². The summed E-state index contributed by atoms with van der Waals surface area (Å²) >= 11 is 0. The van der Waals surface area contributed by atoms with Gasteiger partial charge in [-0.2, -0.15) is 0 Å². The van der Waals surface area contributed by atoms with Crippen LogP contribution in [-0.4, -0.2) is 55.1 Å². The van der Waals surface area contributed by atoms with E-state index in [4.69, 9.17) is 4.57 Å². The van der Waals surface area contributed by atoms with Crippen LogP contribution in [0.25, 0.3) is 0 Å². The first-order chi connectivity index (χ1) is 1.00. The van der Waals surface area contributed by atoms with Crippen molar-refractivity contribution >= 4 is 64.2 Å². The van der Waals surface area contributed by atoms with E-state index in [1.165, 1.54) is 0 Å². The predicted molar refractivity (Wildman–Crippen MR) is 26.1 cm³/mol. The Morgan fingerprint density at radius 2 is 1.25 bits per heavy atom. The zero-order chi connectivity index (χ0) is 2.00. The van der Waals surface area contributed by atoms with Crippen molar-refractivity contribution < 1.29 is 4.57 Å². The third kappa shape index (κ3) is 9.09. The normalized spacial score (nSPS) is 1.00. The number of rotatable bonds is 0. The summed E-state index contributed by atoms with van der Waals surface area (Å²) < 4.78 is 7.94. The first-order valence-corrected chi connectivity index (χ1v) is 0.548. The number of hydrogen-bond donors (Lipinski definition) is 0. The Labute approximate surface area is 67.9 Å². The molecule has 0 fully saturated rings. The van der Waals surface area contributed by atoms with Crippen LogP contribution in [0, 0.1) is 0 Å². The molecular weight excluding hydrogens is 114 g/mol. The van der Waals surface area contributed by atoms with E-state index in [1.807, 2.05) is 0 Å². The molecular formula is H5AlCaOP. The zero-order valence-corrected chi connectivity index (χ0v) is 1.75. The van der Waals surface area contributed by atoms with Gasteiger partial charge in [0.25, 0.3) is 9.12 Å². The molecule has 1 nitrogen and oxygen atoms in total. The van der Waals surface area contributed by atoms with E-state index in [2.05, 4.69) is 9.12 Å². The maximum atomic E-state index is 7.94. The second-order valence-electron chi connectivity index (χ2n) is 0. The molecule has 4 heteroatoms. The summed E-state index contributed by atoms with van der Waals surface area (Å²) in [5.74, 6) is 0. The minimum absolute atomic E-state index is 0. The van der Waals surface area contributed by atoms with Gasteiger partial charge in [-0.1, -0.05) is 0 Å². The summed E-state index contributed by atoms with van der Waals surface area (Å²) in [5, 5.41) is 0. The average molecular weight is 119 g/mol. The number of hydrogen-bond acceptors (Lipinski definition) is 1. The summed E-state index contributed by atoms with van der Waals surface area (Å²) in [5.41, 5.74) is 0. The fourth-order valence-corrected chi connectivity index (χ4v) is 0. The Morgan fingerprint density at radius 1 is 1.25 bits per heavy atom. The van der Waals surface area contributed by atoms with Crippen molar-refractivity contribution in [1.82, 2.24) is 0 Å². The van der Waals surface area contributed by atoms with E-state index in [9.17, 15) is 0 Å². The molecule has 0 bridgehead atoms. The Morgan fingerprint density at radius 3 is 1.25 bits per heavy atom. The van der Waals surface area contributed by atoms with E-state index in [0.717, 1.165) is 0 Å². The Kier molecular flexibility index (Phi) is 87.2. The van der Waals surface area contributed by atoms with E-state index in [1.54, 1.807) is 0 Å². The molecule has 0 aromatic heterocycles. The van der Waals surface area contributed by atoms with Gasteiger partial charge in [0.1, 0.15) is 0 Å². The van der Waals surface area contributed by atoms with Gasteiger partial charge in [0, 0.05) is 0 Å². The molecule has 1 radical (unpaired) electrons. The van der Waals surface area contributed by atoms with Crippen LogP contribution in [0.4, 0.5) is 0 Å². The molecule has 0 unspecified atom stereocenters. The van der Waals surface area contributed by atoms with Crippen LogP contribution < -0.4 is 0 Å². The summed E-state index contributed by atoms with van der Waals surface area (Å²) in [7, 11) is 2.28. The molecule has 0 heterocycles. The second-order valence-corrected chi connectivity index (χ2v) is 0. The summed E-state index contributed by atoms with van der Waals surface area (Å²) in [4.78, 5) is 0. The van der Waals surface area contributed by atoms with Gasteiger partial charge in [0.15, 0.2) is 17.4 Å². The van der Waals surface area contributed by atoms with Gasteiger partial charge >= 0.3 is 37.7 Å². The Hall–Kier alpha value is 1.89. The third-order valence-electron chi connectivity index (χ3n) is 0. The molecule has 4 heavy (non-hydrogen) atoms. The first kappa shape index (κ1) is 16.9. The van der Waals surface area contributed by atoms with Crippen molar-refractivity contribution in [2.45, 2.75) is 0 Å². The quantitative estimate of drug-likeness (QED) is 0.284. The minimum atomic E-state index is 0. The van der Waals surface area contributed by atoms with Gasteiger partial charge in [-0.3, -0.25) is 4.57 Å². The molecule has 0 aliphatic rings. The SMILES string of the molecule is O=[P].[AlH3].[CaH2]. The van der Waals surface area contributed by atoms with Crippen molar-refractivity contribution in [2.75, 3.05) is 0 Å². The standard InChI is InChI=1S/Al.Ca.OP.5H/c;;1-2;;;;;. The van der Waals surface area contributed by atoms with E-state index in [-0.39, 0.29) is 55.1 Å². The van der Waals surface area contributed by atoms with Crippen LogP contribution in [0.15, 0.2) is 0 Å². The van der Waals surface area contributed by atoms with Gasteiger partial charge in [-0.15, -0.1) is 0 Å². The summed E-state index contributed by atoms with van der Waals surface area (Å²) in [6, 6.07) is 0. The fourth-order valence-electron chi connectivity index (χ4n) is 0. The summed E-state index contributed by atoms with van der Waals surface area (Å²) in [6.45, 7) is 0. The van der Waals surface area contributed by atoms with Crippen LogP contribution in [0.5, 0.6) is 0 Å². The van der Waals surface area contributed by atoms with Gasteiger partial charge in [0.2, 0.25) is 0 Å². The van der Waals surface area contributed by atoms with Gasteiger partial charge in [-0.25, -0.2) is 0 Å². The van der Waals surface area contributed by atoms with Crippen molar-refractivity contribution in [3.8, 4) is 0 Å². The predicted octanol–water partition coefficient (Wildman–Crippen LogP) is -1.36. The molecule has 0 aromatic carbocycles. The van der Waals surface area contributed by atoms with E-state index < -0.39 is 0 Å². The topological polar surface area (TPSA) is 17.1 Å². The second kappa shape index (κ2) is 20.7. The average Bonchev–Trinajstić information content (AvgIpc) is 1.00. The maximum absolute atomic E-state index is 7.94. The van der Waals surface area contributed by atoms with Crippen molar-refractivity contribution in [2.24, 2.45) is 0 Å². The molecule has 0 N–H and O–H groups in total. The third-order valence-corrected chi connectivity index (χ3v) is 0. The molecule has 0 aliphatic carbocycles. The van der Waals surface area contributed by atoms with E-state index in [0.29, 0.717) is 0 Å². The molecule has 0 aromatic rings. The van der Waals surface area contributed by atoms with Crippen LogP contribution in [0.3, 0.4) is 0 Å². The van der Waals surface area contributed by atoms with Crippen LogP contribution in [0.1, 0.15) is 0 Å². The molecule has 0 spiro atoms. The van der Waals surface area contributed by atoms with Crippen molar-refractivity contribution in [3.05, 3.63) is 0 Å².